The molecule has 0 N–H and O–H groups in total. The molecule has 1 aliphatic rings. The van der Waals surface area contributed by atoms with Gasteiger partial charge in [0.25, 0.3) is 5.91 Å². The van der Waals surface area contributed by atoms with Gasteiger partial charge in [0.1, 0.15) is 0 Å². The first kappa shape index (κ1) is 15.5. The average molecular weight is 311 g/mol. The van der Waals surface area contributed by atoms with E-state index in [9.17, 15) is 9.59 Å². The summed E-state index contributed by atoms with van der Waals surface area (Å²) in [6.07, 6.45) is 6.19. The van der Waals surface area contributed by atoms with Crippen LogP contribution >= 0.6 is 0 Å². The molecule has 1 aliphatic heterocycles. The Hall–Kier alpha value is -2.43. The summed E-state index contributed by atoms with van der Waals surface area (Å²) in [7, 11) is 0. The average Bonchev–Trinajstić information content (AvgIpc) is 3.13. The second-order valence-corrected chi connectivity index (χ2v) is 6.16. The molecule has 2 aromatic rings. The molecule has 3 rings (SSSR count). The zero-order valence-electron chi connectivity index (χ0n) is 13.5. The minimum atomic E-state index is -0.353. The van der Waals surface area contributed by atoms with Crippen molar-refractivity contribution in [2.24, 2.45) is 5.92 Å². The number of nitrogens with zero attached hydrogens (tertiary/aromatic N) is 3. The van der Waals surface area contributed by atoms with Gasteiger partial charge in [-0.2, -0.15) is 0 Å². The molecule has 1 aromatic carbocycles. The molecule has 2 heterocycles. The van der Waals surface area contributed by atoms with Crippen LogP contribution in [-0.4, -0.2) is 32.7 Å². The van der Waals surface area contributed by atoms with Crippen LogP contribution < -0.4 is 0 Å². The lowest BCUT2D eigenvalue weighted by atomic mass is 9.94. The predicted octanol–water partition coefficient (Wildman–Crippen LogP) is 2.37. The summed E-state index contributed by atoms with van der Waals surface area (Å²) in [6, 6.07) is 7.94. The van der Waals surface area contributed by atoms with Gasteiger partial charge in [0.2, 0.25) is 5.78 Å². The topological polar surface area (TPSA) is 55.2 Å². The van der Waals surface area contributed by atoms with E-state index in [0.29, 0.717) is 6.54 Å². The number of amides is 1. The second kappa shape index (κ2) is 6.36. The number of Topliss-reactive ketones (excluding diaryl/α,β-unsaturated/α-hetero) is 1. The van der Waals surface area contributed by atoms with Crippen LogP contribution in [0.2, 0.25) is 0 Å². The highest BCUT2D eigenvalue weighted by atomic mass is 16.2. The molecule has 0 saturated carbocycles. The summed E-state index contributed by atoms with van der Waals surface area (Å²) in [5.74, 6) is -0.926. The fourth-order valence-electron chi connectivity index (χ4n) is 3.19. The van der Waals surface area contributed by atoms with Crippen molar-refractivity contribution in [3.8, 4) is 0 Å². The molecule has 0 radical (unpaired) electrons. The van der Waals surface area contributed by atoms with Gasteiger partial charge in [-0.25, -0.2) is 4.98 Å². The zero-order chi connectivity index (χ0) is 16.4. The van der Waals surface area contributed by atoms with Gasteiger partial charge >= 0.3 is 0 Å². The summed E-state index contributed by atoms with van der Waals surface area (Å²) in [5, 5.41) is 0. The summed E-state index contributed by atoms with van der Waals surface area (Å²) in [4.78, 5) is 30.2. The van der Waals surface area contributed by atoms with Crippen LogP contribution in [0.15, 0.2) is 43.0 Å². The Morgan fingerprint density at radius 3 is 2.52 bits per heavy atom. The number of carbonyl (C=O) groups is 2. The second-order valence-electron chi connectivity index (χ2n) is 6.16. The number of rotatable bonds is 5. The first-order valence-electron chi connectivity index (χ1n) is 7.95. The largest absolute Gasteiger partial charge is 0.337 e. The van der Waals surface area contributed by atoms with Crippen molar-refractivity contribution >= 4 is 11.7 Å². The first-order valence-corrected chi connectivity index (χ1v) is 7.95. The van der Waals surface area contributed by atoms with Crippen molar-refractivity contribution in [2.45, 2.75) is 32.9 Å². The normalized spacial score (nSPS) is 21.2. The van der Waals surface area contributed by atoms with E-state index in [0.717, 1.165) is 18.5 Å². The van der Waals surface area contributed by atoms with Crippen LogP contribution in [0.5, 0.6) is 0 Å². The van der Waals surface area contributed by atoms with E-state index in [-0.39, 0.29) is 23.7 Å². The van der Waals surface area contributed by atoms with Crippen molar-refractivity contribution in [3.63, 3.8) is 0 Å². The third-order valence-corrected chi connectivity index (χ3v) is 4.49. The Kier molecular flexibility index (Phi) is 4.28. The van der Waals surface area contributed by atoms with Gasteiger partial charge in [0.15, 0.2) is 0 Å². The van der Waals surface area contributed by atoms with E-state index >= 15 is 0 Å². The number of ketones is 1. The van der Waals surface area contributed by atoms with Gasteiger partial charge in [-0.3, -0.25) is 9.59 Å². The Balaban J connectivity index is 1.75. The first-order chi connectivity index (χ1) is 11.1. The maximum Gasteiger partial charge on any atom is 0.290 e. The van der Waals surface area contributed by atoms with Crippen LogP contribution in [0.1, 0.15) is 30.5 Å². The fourth-order valence-corrected chi connectivity index (χ4v) is 3.19. The Bertz CT molecular complexity index is 692. The van der Waals surface area contributed by atoms with Crippen LogP contribution in [-0.2, 0) is 16.1 Å². The molecule has 0 bridgehead atoms. The number of benzene rings is 1. The third kappa shape index (κ3) is 3.04. The maximum atomic E-state index is 12.3. The number of aromatic nitrogens is 2. The van der Waals surface area contributed by atoms with E-state index in [4.69, 9.17) is 0 Å². The highest BCUT2D eigenvalue weighted by Gasteiger charge is 2.44. The number of hydrogen-bond donors (Lipinski definition) is 0. The van der Waals surface area contributed by atoms with Crippen LogP contribution in [0, 0.1) is 12.8 Å². The highest BCUT2D eigenvalue weighted by molar-refractivity contribution is 6.39. The fraction of sp³-hybridized carbons (Fsp3) is 0.389. The monoisotopic (exact) mass is 311 g/mol. The maximum absolute atomic E-state index is 12.3. The van der Waals surface area contributed by atoms with E-state index in [1.807, 2.05) is 48.9 Å². The number of hydrogen-bond acceptors (Lipinski definition) is 3. The SMILES string of the molecule is Cc1ccc(C2C(C)C(=O)C(=O)N2CCCn2ccnc2)cc1. The Morgan fingerprint density at radius 2 is 1.87 bits per heavy atom. The number of likely N-dealkylation sites (tertiary alicyclic amines) is 1. The lowest BCUT2D eigenvalue weighted by Crippen LogP contribution is -2.31. The molecule has 23 heavy (non-hydrogen) atoms. The standard InChI is InChI=1S/C18H21N3O2/c1-13-4-6-15(7-5-13)16-14(2)17(22)18(23)21(16)10-3-9-20-11-8-19-12-20/h4-8,11-12,14,16H,3,9-10H2,1-2H3. The minimum Gasteiger partial charge on any atom is -0.337 e. The number of carbonyl (C=O) groups excluding carboxylic acids is 2. The summed E-state index contributed by atoms with van der Waals surface area (Å²) < 4.78 is 1.98. The van der Waals surface area contributed by atoms with Crippen molar-refractivity contribution < 1.29 is 9.59 Å². The Labute approximate surface area is 135 Å². The molecule has 120 valence electrons. The summed E-state index contributed by atoms with van der Waals surface area (Å²) in [6.45, 7) is 5.24. The van der Waals surface area contributed by atoms with Crippen molar-refractivity contribution in [2.75, 3.05) is 6.54 Å². The lowest BCUT2D eigenvalue weighted by molar-refractivity contribution is -0.141. The van der Waals surface area contributed by atoms with Gasteiger partial charge in [0.05, 0.1) is 12.4 Å². The van der Waals surface area contributed by atoms with Gasteiger partial charge in [-0.15, -0.1) is 0 Å². The van der Waals surface area contributed by atoms with Crippen molar-refractivity contribution in [1.29, 1.82) is 0 Å². The molecular formula is C18H21N3O2. The van der Waals surface area contributed by atoms with Gasteiger partial charge in [0, 0.05) is 31.4 Å². The molecule has 1 amide bonds. The Morgan fingerprint density at radius 1 is 1.13 bits per heavy atom. The molecule has 1 fully saturated rings. The summed E-state index contributed by atoms with van der Waals surface area (Å²) >= 11 is 0. The van der Waals surface area contributed by atoms with Crippen molar-refractivity contribution in [3.05, 3.63) is 54.1 Å². The number of imidazole rings is 1. The lowest BCUT2D eigenvalue weighted by Gasteiger charge is -2.26. The molecule has 2 atom stereocenters. The van der Waals surface area contributed by atoms with E-state index < -0.39 is 0 Å². The van der Waals surface area contributed by atoms with E-state index in [1.165, 1.54) is 5.56 Å². The summed E-state index contributed by atoms with van der Waals surface area (Å²) in [5.41, 5.74) is 2.20. The van der Waals surface area contributed by atoms with Crippen LogP contribution in [0.4, 0.5) is 0 Å². The third-order valence-electron chi connectivity index (χ3n) is 4.49. The van der Waals surface area contributed by atoms with Gasteiger partial charge in [-0.1, -0.05) is 36.8 Å². The molecule has 0 aliphatic carbocycles. The smallest absolute Gasteiger partial charge is 0.290 e. The van der Waals surface area contributed by atoms with Crippen LogP contribution in [0.3, 0.4) is 0 Å². The van der Waals surface area contributed by atoms with E-state index in [2.05, 4.69) is 4.98 Å². The predicted molar refractivity (Wildman–Crippen MR) is 86.6 cm³/mol. The van der Waals surface area contributed by atoms with Gasteiger partial charge < -0.3 is 9.47 Å². The van der Waals surface area contributed by atoms with Gasteiger partial charge in [-0.05, 0) is 18.9 Å². The van der Waals surface area contributed by atoms with Crippen molar-refractivity contribution in [1.82, 2.24) is 14.5 Å². The molecule has 1 aromatic heterocycles. The molecule has 5 heteroatoms. The molecule has 1 saturated heterocycles. The molecular weight excluding hydrogens is 290 g/mol. The number of aryl methyl sites for hydroxylation is 2. The molecule has 0 spiro atoms. The highest BCUT2D eigenvalue weighted by Crippen LogP contribution is 2.35. The van der Waals surface area contributed by atoms with E-state index in [1.54, 1.807) is 17.4 Å². The minimum absolute atomic E-state index is 0.154. The molecule has 5 nitrogen and oxygen atoms in total. The van der Waals surface area contributed by atoms with Crippen LogP contribution in [0.25, 0.3) is 0 Å². The zero-order valence-corrected chi connectivity index (χ0v) is 13.5. The quantitative estimate of drug-likeness (QED) is 0.797. The molecule has 2 unspecified atom stereocenters.